The van der Waals surface area contributed by atoms with Crippen molar-refractivity contribution in [3.05, 3.63) is 53.9 Å². The van der Waals surface area contributed by atoms with E-state index in [1.54, 1.807) is 31.4 Å². The summed E-state index contributed by atoms with van der Waals surface area (Å²) in [6.45, 7) is 2.44. The van der Waals surface area contributed by atoms with Crippen molar-refractivity contribution in [2.45, 2.75) is 13.0 Å². The quantitative estimate of drug-likeness (QED) is 0.637. The van der Waals surface area contributed by atoms with Crippen LogP contribution in [0.2, 0.25) is 0 Å². The van der Waals surface area contributed by atoms with Crippen molar-refractivity contribution < 1.29 is 14.6 Å². The van der Waals surface area contributed by atoms with Crippen LogP contribution in [0.15, 0.2) is 42.5 Å². The van der Waals surface area contributed by atoms with Crippen LogP contribution < -0.4 is 15.2 Å². The second-order valence-corrected chi connectivity index (χ2v) is 5.41. The van der Waals surface area contributed by atoms with E-state index >= 15 is 0 Å². The van der Waals surface area contributed by atoms with Crippen LogP contribution in [0, 0.1) is 0 Å². The fraction of sp³-hybridized carbons (Fsp3) is 0.222. The van der Waals surface area contributed by atoms with Gasteiger partial charge in [0, 0.05) is 5.56 Å². The Morgan fingerprint density at radius 3 is 2.60 bits per heavy atom. The van der Waals surface area contributed by atoms with Gasteiger partial charge in [0.1, 0.15) is 11.6 Å². The molecule has 0 aliphatic rings. The second-order valence-electron chi connectivity index (χ2n) is 5.41. The molecule has 130 valence electrons. The molecule has 7 nitrogen and oxygen atoms in total. The molecule has 0 aliphatic heterocycles. The lowest BCUT2D eigenvalue weighted by Crippen LogP contribution is -2.14. The molecule has 1 unspecified atom stereocenters. The monoisotopic (exact) mass is 340 g/mol. The minimum Gasteiger partial charge on any atom is -0.508 e. The first-order valence-corrected chi connectivity index (χ1v) is 7.90. The molecule has 0 fully saturated rings. The van der Waals surface area contributed by atoms with E-state index in [2.05, 4.69) is 15.2 Å². The number of benzene rings is 2. The predicted molar refractivity (Wildman–Crippen MR) is 93.7 cm³/mol. The molecule has 25 heavy (non-hydrogen) atoms. The summed E-state index contributed by atoms with van der Waals surface area (Å²) in [5.74, 6) is 2.54. The summed E-state index contributed by atoms with van der Waals surface area (Å²) in [6, 6.07) is 11.7. The van der Waals surface area contributed by atoms with Crippen molar-refractivity contribution in [1.82, 2.24) is 15.2 Å². The van der Waals surface area contributed by atoms with Crippen molar-refractivity contribution >= 4 is 0 Å². The molecule has 1 atom stereocenters. The zero-order valence-electron chi connectivity index (χ0n) is 14.1. The van der Waals surface area contributed by atoms with Gasteiger partial charge in [0.2, 0.25) is 0 Å². The average molecular weight is 340 g/mol. The molecule has 0 saturated carbocycles. The number of nitrogens with zero attached hydrogens (tertiary/aromatic N) is 2. The summed E-state index contributed by atoms with van der Waals surface area (Å²) in [5, 5.41) is 16.4. The Bertz CT molecular complexity index is 846. The minimum atomic E-state index is -0.483. The molecule has 0 bridgehead atoms. The molecule has 1 heterocycles. The zero-order chi connectivity index (χ0) is 17.8. The molecular weight excluding hydrogens is 320 g/mol. The molecular formula is C18H20N4O3. The Morgan fingerprint density at radius 1 is 1.16 bits per heavy atom. The lowest BCUT2D eigenvalue weighted by Gasteiger charge is -2.14. The normalized spacial score (nSPS) is 12.0. The number of H-pyrrole nitrogens is 1. The first-order chi connectivity index (χ1) is 12.1. The fourth-order valence-electron chi connectivity index (χ4n) is 2.47. The SMILES string of the molecule is CCOc1cc(C(N)c2nc(-c3ccc(O)cc3)n[nH]2)ccc1OC. The molecule has 3 aromatic rings. The smallest absolute Gasteiger partial charge is 0.181 e. The van der Waals surface area contributed by atoms with Crippen molar-refractivity contribution in [3.8, 4) is 28.6 Å². The Morgan fingerprint density at radius 2 is 1.92 bits per heavy atom. The molecule has 0 radical (unpaired) electrons. The van der Waals surface area contributed by atoms with Crippen LogP contribution in [-0.2, 0) is 0 Å². The van der Waals surface area contributed by atoms with E-state index in [9.17, 15) is 5.11 Å². The molecule has 3 rings (SSSR count). The third-order valence-electron chi connectivity index (χ3n) is 3.77. The summed E-state index contributed by atoms with van der Waals surface area (Å²) in [4.78, 5) is 4.46. The maximum absolute atomic E-state index is 9.37. The average Bonchev–Trinajstić information content (AvgIpc) is 3.12. The number of hydrogen-bond acceptors (Lipinski definition) is 6. The second kappa shape index (κ2) is 7.23. The minimum absolute atomic E-state index is 0.192. The number of nitrogens with two attached hydrogens (primary N) is 1. The summed E-state index contributed by atoms with van der Waals surface area (Å²) in [6.07, 6.45) is 0. The van der Waals surface area contributed by atoms with Gasteiger partial charge in [0.15, 0.2) is 17.3 Å². The number of aromatic hydroxyl groups is 1. The molecule has 0 aliphatic carbocycles. The number of aromatic amines is 1. The largest absolute Gasteiger partial charge is 0.508 e. The van der Waals surface area contributed by atoms with Crippen LogP contribution in [0.3, 0.4) is 0 Å². The van der Waals surface area contributed by atoms with Crippen LogP contribution >= 0.6 is 0 Å². The molecule has 2 aromatic carbocycles. The highest BCUT2D eigenvalue weighted by Gasteiger charge is 2.17. The van der Waals surface area contributed by atoms with E-state index in [0.29, 0.717) is 29.8 Å². The Hall–Kier alpha value is -3.06. The molecule has 1 aromatic heterocycles. The van der Waals surface area contributed by atoms with Gasteiger partial charge in [-0.05, 0) is 48.9 Å². The third kappa shape index (κ3) is 3.56. The lowest BCUT2D eigenvalue weighted by molar-refractivity contribution is 0.310. The number of nitrogens with one attached hydrogen (secondary N) is 1. The number of rotatable bonds is 6. The Labute approximate surface area is 145 Å². The molecule has 0 spiro atoms. The first kappa shape index (κ1) is 16.8. The Balaban J connectivity index is 1.87. The van der Waals surface area contributed by atoms with Gasteiger partial charge in [-0.1, -0.05) is 6.07 Å². The number of aromatic nitrogens is 3. The summed E-state index contributed by atoms with van der Waals surface area (Å²) < 4.78 is 10.9. The molecule has 0 amide bonds. The number of phenolic OH excluding ortho intramolecular Hbond substituents is 1. The van der Waals surface area contributed by atoms with Crippen molar-refractivity contribution in [2.24, 2.45) is 5.73 Å². The summed E-state index contributed by atoms with van der Waals surface area (Å²) >= 11 is 0. The highest BCUT2D eigenvalue weighted by Crippen LogP contribution is 2.31. The van der Waals surface area contributed by atoms with Gasteiger partial charge in [-0.25, -0.2) is 4.98 Å². The van der Waals surface area contributed by atoms with Gasteiger partial charge < -0.3 is 20.3 Å². The van der Waals surface area contributed by atoms with Crippen molar-refractivity contribution in [2.75, 3.05) is 13.7 Å². The van der Waals surface area contributed by atoms with Crippen LogP contribution in [0.4, 0.5) is 0 Å². The number of hydrogen-bond donors (Lipinski definition) is 3. The van der Waals surface area contributed by atoms with E-state index in [0.717, 1.165) is 11.1 Å². The zero-order valence-corrected chi connectivity index (χ0v) is 14.1. The summed E-state index contributed by atoms with van der Waals surface area (Å²) in [7, 11) is 1.60. The Kier molecular flexibility index (Phi) is 4.85. The van der Waals surface area contributed by atoms with Crippen LogP contribution in [-0.4, -0.2) is 34.0 Å². The summed E-state index contributed by atoms with van der Waals surface area (Å²) in [5.41, 5.74) is 7.94. The number of ether oxygens (including phenoxy) is 2. The van der Waals surface area contributed by atoms with Gasteiger partial charge in [-0.2, -0.15) is 5.10 Å². The number of methoxy groups -OCH3 is 1. The van der Waals surface area contributed by atoms with E-state index in [1.807, 2.05) is 25.1 Å². The molecule has 7 heteroatoms. The molecule has 0 saturated heterocycles. The van der Waals surface area contributed by atoms with E-state index in [1.165, 1.54) is 0 Å². The van der Waals surface area contributed by atoms with Crippen LogP contribution in [0.5, 0.6) is 17.2 Å². The van der Waals surface area contributed by atoms with E-state index in [-0.39, 0.29) is 5.75 Å². The highest BCUT2D eigenvalue weighted by molar-refractivity contribution is 5.56. The van der Waals surface area contributed by atoms with Crippen LogP contribution in [0.25, 0.3) is 11.4 Å². The third-order valence-corrected chi connectivity index (χ3v) is 3.77. The van der Waals surface area contributed by atoms with Crippen LogP contribution in [0.1, 0.15) is 24.4 Å². The predicted octanol–water partition coefficient (Wildman–Crippen LogP) is 2.63. The van der Waals surface area contributed by atoms with Gasteiger partial charge >= 0.3 is 0 Å². The maximum Gasteiger partial charge on any atom is 0.181 e. The van der Waals surface area contributed by atoms with Gasteiger partial charge in [-0.3, -0.25) is 5.10 Å². The topological polar surface area (TPSA) is 106 Å². The van der Waals surface area contributed by atoms with Crippen molar-refractivity contribution in [1.29, 1.82) is 0 Å². The number of phenols is 1. The highest BCUT2D eigenvalue weighted by atomic mass is 16.5. The fourth-order valence-corrected chi connectivity index (χ4v) is 2.47. The first-order valence-electron chi connectivity index (χ1n) is 7.90. The maximum atomic E-state index is 9.37. The van der Waals surface area contributed by atoms with Crippen molar-refractivity contribution in [3.63, 3.8) is 0 Å². The van der Waals surface area contributed by atoms with E-state index in [4.69, 9.17) is 15.2 Å². The van der Waals surface area contributed by atoms with Gasteiger partial charge in [0.25, 0.3) is 0 Å². The standard InChI is InChI=1S/C18H20N4O3/c1-3-25-15-10-12(6-9-14(15)24-2)16(19)18-20-17(21-22-18)11-4-7-13(23)8-5-11/h4-10,16,23H,3,19H2,1-2H3,(H,20,21,22). The van der Waals surface area contributed by atoms with Gasteiger partial charge in [-0.15, -0.1) is 0 Å². The lowest BCUT2D eigenvalue weighted by atomic mass is 10.1. The molecule has 4 N–H and O–H groups in total. The van der Waals surface area contributed by atoms with E-state index < -0.39 is 6.04 Å². The van der Waals surface area contributed by atoms with Gasteiger partial charge in [0.05, 0.1) is 19.8 Å².